The molecule has 0 saturated carbocycles. The van der Waals surface area contributed by atoms with Crippen LogP contribution >= 0.6 is 0 Å². The van der Waals surface area contributed by atoms with Crippen LogP contribution in [-0.4, -0.2) is 23.3 Å². The van der Waals surface area contributed by atoms with E-state index in [4.69, 9.17) is 0 Å². The molecular formula is C16H14O4. The molecule has 0 aliphatic carbocycles. The van der Waals surface area contributed by atoms with Crippen LogP contribution in [-0.2, 0) is 4.74 Å². The van der Waals surface area contributed by atoms with Crippen molar-refractivity contribution in [3.63, 3.8) is 0 Å². The quantitative estimate of drug-likeness (QED) is 0.664. The number of ether oxygens (including phenoxy) is 1. The second-order valence-electron chi connectivity index (χ2n) is 4.17. The van der Waals surface area contributed by atoms with Crippen molar-refractivity contribution >= 4 is 18.1 Å². The van der Waals surface area contributed by atoms with Gasteiger partial charge in [-0.2, -0.15) is 0 Å². The van der Waals surface area contributed by atoms with Crippen molar-refractivity contribution in [2.45, 2.75) is 0 Å². The lowest BCUT2D eigenvalue weighted by molar-refractivity contribution is 0.0594. The standard InChI is InChI=1S/C16H14O4/c1-20-16(19)15-13(17)9-12(10-14(15)18)8-7-11-5-3-2-4-6-11/h2-10,17-18H,1H3/b8-7+. The van der Waals surface area contributed by atoms with Crippen LogP contribution in [0.1, 0.15) is 21.5 Å². The van der Waals surface area contributed by atoms with Crippen LogP contribution < -0.4 is 0 Å². The fourth-order valence-electron chi connectivity index (χ4n) is 1.80. The Labute approximate surface area is 116 Å². The van der Waals surface area contributed by atoms with Crippen molar-refractivity contribution in [3.8, 4) is 11.5 Å². The number of methoxy groups -OCH3 is 1. The van der Waals surface area contributed by atoms with Crippen molar-refractivity contribution in [1.29, 1.82) is 0 Å². The summed E-state index contributed by atoms with van der Waals surface area (Å²) in [6, 6.07) is 12.4. The number of benzene rings is 2. The molecule has 0 aromatic heterocycles. The van der Waals surface area contributed by atoms with E-state index in [-0.39, 0.29) is 17.1 Å². The minimum atomic E-state index is -0.779. The van der Waals surface area contributed by atoms with Crippen LogP contribution in [0.15, 0.2) is 42.5 Å². The number of carbonyl (C=O) groups excluding carboxylic acids is 1. The predicted molar refractivity (Wildman–Crippen MR) is 76.5 cm³/mol. The maximum atomic E-state index is 11.4. The van der Waals surface area contributed by atoms with Crippen LogP contribution in [0.4, 0.5) is 0 Å². The molecule has 2 aromatic rings. The fourth-order valence-corrected chi connectivity index (χ4v) is 1.80. The Balaban J connectivity index is 2.31. The van der Waals surface area contributed by atoms with Crippen LogP contribution in [0, 0.1) is 0 Å². The molecular weight excluding hydrogens is 256 g/mol. The van der Waals surface area contributed by atoms with Gasteiger partial charge in [-0.1, -0.05) is 42.5 Å². The molecule has 2 aromatic carbocycles. The summed E-state index contributed by atoms with van der Waals surface area (Å²) in [6.07, 6.45) is 3.57. The van der Waals surface area contributed by atoms with Crippen molar-refractivity contribution in [2.75, 3.05) is 7.11 Å². The molecule has 0 bridgehead atoms. The van der Waals surface area contributed by atoms with Crippen molar-refractivity contribution in [3.05, 3.63) is 59.2 Å². The van der Waals surface area contributed by atoms with Gasteiger partial charge in [0.1, 0.15) is 17.1 Å². The number of phenolic OH excluding ortho intramolecular Hbond substituents is 2. The van der Waals surface area contributed by atoms with E-state index in [1.807, 2.05) is 36.4 Å². The fraction of sp³-hybridized carbons (Fsp3) is 0.0625. The van der Waals surface area contributed by atoms with Gasteiger partial charge in [0.15, 0.2) is 0 Å². The Hall–Kier alpha value is -2.75. The molecule has 0 radical (unpaired) electrons. The molecule has 2 N–H and O–H groups in total. The summed E-state index contributed by atoms with van der Waals surface area (Å²) in [6.45, 7) is 0. The smallest absolute Gasteiger partial charge is 0.345 e. The molecule has 20 heavy (non-hydrogen) atoms. The molecule has 0 spiro atoms. The van der Waals surface area contributed by atoms with E-state index in [0.29, 0.717) is 5.56 Å². The molecule has 0 saturated heterocycles. The summed E-state index contributed by atoms with van der Waals surface area (Å²) in [5, 5.41) is 19.6. The molecule has 0 fully saturated rings. The monoisotopic (exact) mass is 270 g/mol. The normalized spacial score (nSPS) is 10.7. The Kier molecular flexibility index (Phi) is 4.05. The minimum Gasteiger partial charge on any atom is -0.507 e. The van der Waals surface area contributed by atoms with Crippen LogP contribution in [0.3, 0.4) is 0 Å². The Morgan fingerprint density at radius 2 is 1.55 bits per heavy atom. The third-order valence-electron chi connectivity index (χ3n) is 2.78. The van der Waals surface area contributed by atoms with Gasteiger partial charge in [0.2, 0.25) is 0 Å². The minimum absolute atomic E-state index is 0.232. The van der Waals surface area contributed by atoms with E-state index in [2.05, 4.69) is 4.74 Å². The number of esters is 1. The second-order valence-corrected chi connectivity index (χ2v) is 4.17. The lowest BCUT2D eigenvalue weighted by Crippen LogP contribution is -2.02. The largest absolute Gasteiger partial charge is 0.507 e. The van der Waals surface area contributed by atoms with E-state index < -0.39 is 5.97 Å². The number of rotatable bonds is 3. The Morgan fingerprint density at radius 3 is 2.10 bits per heavy atom. The maximum absolute atomic E-state index is 11.4. The van der Waals surface area contributed by atoms with Crippen molar-refractivity contribution in [2.24, 2.45) is 0 Å². The topological polar surface area (TPSA) is 66.8 Å². The summed E-state index contributed by atoms with van der Waals surface area (Å²) in [5.41, 5.74) is 1.34. The molecule has 0 amide bonds. The number of phenols is 2. The number of carbonyl (C=O) groups is 1. The van der Waals surface area contributed by atoms with Gasteiger partial charge < -0.3 is 14.9 Å². The zero-order valence-corrected chi connectivity index (χ0v) is 10.9. The first-order valence-corrected chi connectivity index (χ1v) is 5.99. The van der Waals surface area contributed by atoms with Gasteiger partial charge in [-0.05, 0) is 23.3 Å². The van der Waals surface area contributed by atoms with E-state index in [1.165, 1.54) is 19.2 Å². The molecule has 0 heterocycles. The highest BCUT2D eigenvalue weighted by molar-refractivity contribution is 5.96. The van der Waals surface area contributed by atoms with Gasteiger partial charge in [-0.3, -0.25) is 0 Å². The Bertz CT molecular complexity index is 622. The van der Waals surface area contributed by atoms with Crippen LogP contribution in [0.2, 0.25) is 0 Å². The van der Waals surface area contributed by atoms with E-state index >= 15 is 0 Å². The lowest BCUT2D eigenvalue weighted by Gasteiger charge is -2.06. The molecule has 0 atom stereocenters. The third kappa shape index (κ3) is 2.98. The third-order valence-corrected chi connectivity index (χ3v) is 2.78. The highest BCUT2D eigenvalue weighted by atomic mass is 16.5. The molecule has 4 heteroatoms. The SMILES string of the molecule is COC(=O)c1c(O)cc(/C=C/c2ccccc2)cc1O. The summed E-state index contributed by atoms with van der Waals surface area (Å²) in [4.78, 5) is 11.4. The summed E-state index contributed by atoms with van der Waals surface area (Å²) in [7, 11) is 1.18. The number of hydrogen-bond acceptors (Lipinski definition) is 4. The zero-order valence-electron chi connectivity index (χ0n) is 10.9. The first kappa shape index (κ1) is 13.7. The second kappa shape index (κ2) is 5.93. The molecule has 102 valence electrons. The number of aromatic hydroxyl groups is 2. The number of hydrogen-bond donors (Lipinski definition) is 2. The summed E-state index contributed by atoms with van der Waals surface area (Å²) < 4.78 is 4.49. The van der Waals surface area contributed by atoms with Crippen molar-refractivity contribution < 1.29 is 19.7 Å². The predicted octanol–water partition coefficient (Wildman–Crippen LogP) is 3.05. The average molecular weight is 270 g/mol. The first-order chi connectivity index (χ1) is 9.61. The first-order valence-electron chi connectivity index (χ1n) is 5.99. The van der Waals surface area contributed by atoms with Gasteiger partial charge in [0.25, 0.3) is 0 Å². The van der Waals surface area contributed by atoms with E-state index in [1.54, 1.807) is 6.08 Å². The van der Waals surface area contributed by atoms with E-state index in [9.17, 15) is 15.0 Å². The van der Waals surface area contributed by atoms with Gasteiger partial charge in [-0.15, -0.1) is 0 Å². The highest BCUT2D eigenvalue weighted by Crippen LogP contribution is 2.30. The van der Waals surface area contributed by atoms with Gasteiger partial charge >= 0.3 is 5.97 Å². The van der Waals surface area contributed by atoms with Crippen LogP contribution in [0.25, 0.3) is 12.2 Å². The summed E-state index contributed by atoms with van der Waals surface area (Å²) in [5.74, 6) is -1.41. The molecule has 4 nitrogen and oxygen atoms in total. The zero-order chi connectivity index (χ0) is 14.5. The highest BCUT2D eigenvalue weighted by Gasteiger charge is 2.17. The molecule has 0 aliphatic heterocycles. The van der Waals surface area contributed by atoms with E-state index in [0.717, 1.165) is 5.56 Å². The van der Waals surface area contributed by atoms with Gasteiger partial charge in [0.05, 0.1) is 7.11 Å². The average Bonchev–Trinajstić information content (AvgIpc) is 2.45. The Morgan fingerprint density at radius 1 is 1.00 bits per heavy atom. The lowest BCUT2D eigenvalue weighted by atomic mass is 10.1. The van der Waals surface area contributed by atoms with Gasteiger partial charge in [0, 0.05) is 0 Å². The summed E-state index contributed by atoms with van der Waals surface area (Å²) >= 11 is 0. The maximum Gasteiger partial charge on any atom is 0.345 e. The molecule has 2 rings (SSSR count). The van der Waals surface area contributed by atoms with Crippen molar-refractivity contribution in [1.82, 2.24) is 0 Å². The van der Waals surface area contributed by atoms with Gasteiger partial charge in [-0.25, -0.2) is 4.79 Å². The molecule has 0 aliphatic rings. The van der Waals surface area contributed by atoms with Crippen LogP contribution in [0.5, 0.6) is 11.5 Å². The molecule has 0 unspecified atom stereocenters.